The number of pyridine rings is 1. The monoisotopic (exact) mass is 256 g/mol. The van der Waals surface area contributed by atoms with E-state index in [0.717, 1.165) is 23.0 Å². The molecule has 2 heterocycles. The average Bonchev–Trinajstić information content (AvgIpc) is 2.67. The number of aliphatic hydroxyl groups is 1. The van der Waals surface area contributed by atoms with Crippen LogP contribution in [-0.2, 0) is 13.2 Å². The van der Waals surface area contributed by atoms with Crippen LogP contribution in [0.1, 0.15) is 18.5 Å². The van der Waals surface area contributed by atoms with Gasteiger partial charge >= 0.3 is 0 Å². The van der Waals surface area contributed by atoms with Crippen LogP contribution in [-0.4, -0.2) is 21.3 Å². The van der Waals surface area contributed by atoms with Crippen molar-refractivity contribution in [2.75, 3.05) is 6.67 Å². The fourth-order valence-electron chi connectivity index (χ4n) is 1.95. The number of hydrogen-bond donors (Lipinski definition) is 1. The summed E-state index contributed by atoms with van der Waals surface area (Å²) in [6, 6.07) is 3.65. The highest BCUT2D eigenvalue weighted by Crippen LogP contribution is 2.22. The quantitative estimate of drug-likeness (QED) is 0.660. The molecule has 0 amide bonds. The van der Waals surface area contributed by atoms with Crippen molar-refractivity contribution >= 4 is 22.5 Å². The van der Waals surface area contributed by atoms with E-state index in [-0.39, 0.29) is 13.3 Å². The maximum Gasteiger partial charge on any atom is 0.129 e. The topological polar surface area (TPSA) is 38.1 Å². The number of aliphatic hydroxyl groups excluding tert-OH is 1. The summed E-state index contributed by atoms with van der Waals surface area (Å²) in [5.74, 6) is 0. The van der Waals surface area contributed by atoms with Crippen LogP contribution in [0.4, 0.5) is 4.39 Å². The maximum atomic E-state index is 12.1. The maximum absolute atomic E-state index is 12.1. The first kappa shape index (κ1) is 12.3. The van der Waals surface area contributed by atoms with E-state index in [1.807, 2.05) is 10.6 Å². The number of halogens is 2. The molecule has 0 bridgehead atoms. The molecule has 17 heavy (non-hydrogen) atoms. The third-order valence-electron chi connectivity index (χ3n) is 2.77. The fourth-order valence-corrected chi connectivity index (χ4v) is 2.12. The molecular formula is C12H14ClFN2O. The molecule has 0 unspecified atom stereocenters. The number of aromatic nitrogens is 2. The van der Waals surface area contributed by atoms with Gasteiger partial charge in [0.1, 0.15) is 5.15 Å². The van der Waals surface area contributed by atoms with Crippen molar-refractivity contribution in [3.8, 4) is 0 Å². The van der Waals surface area contributed by atoms with E-state index >= 15 is 0 Å². The van der Waals surface area contributed by atoms with Gasteiger partial charge in [-0.3, -0.25) is 4.39 Å². The zero-order valence-corrected chi connectivity index (χ0v) is 10.1. The molecule has 92 valence electrons. The van der Waals surface area contributed by atoms with E-state index in [0.29, 0.717) is 18.1 Å². The first-order valence-electron chi connectivity index (χ1n) is 5.56. The van der Waals surface area contributed by atoms with Gasteiger partial charge in [-0.1, -0.05) is 11.6 Å². The molecule has 0 radical (unpaired) electrons. The predicted octanol–water partition coefficient (Wildman–Crippen LogP) is 2.93. The van der Waals surface area contributed by atoms with Crippen LogP contribution in [0.3, 0.4) is 0 Å². The van der Waals surface area contributed by atoms with Crippen molar-refractivity contribution in [2.45, 2.75) is 26.0 Å². The highest BCUT2D eigenvalue weighted by atomic mass is 35.5. The molecule has 0 saturated heterocycles. The summed E-state index contributed by atoms with van der Waals surface area (Å²) in [7, 11) is 0. The lowest BCUT2D eigenvalue weighted by Gasteiger charge is -2.08. The molecule has 2 rings (SSSR count). The summed E-state index contributed by atoms with van der Waals surface area (Å²) in [5.41, 5.74) is 1.74. The highest BCUT2D eigenvalue weighted by molar-refractivity contribution is 6.30. The molecule has 0 saturated carbocycles. The number of nitrogens with zero attached hydrogens (tertiary/aromatic N) is 2. The van der Waals surface area contributed by atoms with Crippen molar-refractivity contribution in [1.29, 1.82) is 0 Å². The van der Waals surface area contributed by atoms with Crippen LogP contribution in [0.5, 0.6) is 0 Å². The zero-order chi connectivity index (χ0) is 12.3. The fraction of sp³-hybridized carbons (Fsp3) is 0.417. The number of alkyl halides is 1. The molecule has 2 aromatic heterocycles. The molecule has 2 aromatic rings. The first-order chi connectivity index (χ1) is 8.26. The largest absolute Gasteiger partial charge is 0.390 e. The Hall–Kier alpha value is -1.13. The SMILES string of the molecule is OCc1cc2cc(Cl)ncc2n1CCCCF. The van der Waals surface area contributed by atoms with Gasteiger partial charge in [0.15, 0.2) is 0 Å². The van der Waals surface area contributed by atoms with Gasteiger partial charge < -0.3 is 9.67 Å². The first-order valence-corrected chi connectivity index (χ1v) is 5.94. The van der Waals surface area contributed by atoms with E-state index in [1.165, 1.54) is 0 Å². The Bertz CT molecular complexity index is 512. The lowest BCUT2D eigenvalue weighted by atomic mass is 10.3. The Morgan fingerprint density at radius 1 is 1.35 bits per heavy atom. The summed E-state index contributed by atoms with van der Waals surface area (Å²) in [5, 5.41) is 10.7. The molecule has 0 aliphatic heterocycles. The van der Waals surface area contributed by atoms with Crippen LogP contribution in [0.2, 0.25) is 5.15 Å². The summed E-state index contributed by atoms with van der Waals surface area (Å²) in [6.07, 6.45) is 2.97. The molecule has 5 heteroatoms. The van der Waals surface area contributed by atoms with Crippen molar-refractivity contribution < 1.29 is 9.50 Å². The molecule has 0 aromatic carbocycles. The molecule has 0 fully saturated rings. The number of aryl methyl sites for hydroxylation is 1. The van der Waals surface area contributed by atoms with Gasteiger partial charge in [-0.05, 0) is 25.0 Å². The summed E-state index contributed by atoms with van der Waals surface area (Å²) < 4.78 is 14.0. The van der Waals surface area contributed by atoms with Crippen LogP contribution in [0.15, 0.2) is 18.3 Å². The number of unbranched alkanes of at least 4 members (excludes halogenated alkanes) is 1. The molecule has 0 aliphatic rings. The van der Waals surface area contributed by atoms with Crippen LogP contribution < -0.4 is 0 Å². The minimum Gasteiger partial charge on any atom is -0.390 e. The van der Waals surface area contributed by atoms with E-state index in [4.69, 9.17) is 11.6 Å². The second-order valence-electron chi connectivity index (χ2n) is 3.91. The molecular weight excluding hydrogens is 243 g/mol. The van der Waals surface area contributed by atoms with E-state index in [1.54, 1.807) is 12.3 Å². The van der Waals surface area contributed by atoms with Crippen molar-refractivity contribution in [3.05, 3.63) is 29.2 Å². The predicted molar refractivity (Wildman–Crippen MR) is 65.9 cm³/mol. The second-order valence-corrected chi connectivity index (χ2v) is 4.29. The third kappa shape index (κ3) is 2.58. The summed E-state index contributed by atoms with van der Waals surface area (Å²) in [6.45, 7) is 0.340. The Kier molecular flexibility index (Phi) is 3.97. The second kappa shape index (κ2) is 5.47. The van der Waals surface area contributed by atoms with Crippen molar-refractivity contribution in [3.63, 3.8) is 0 Å². The molecule has 3 nitrogen and oxygen atoms in total. The molecule has 1 N–H and O–H groups in total. The summed E-state index contributed by atoms with van der Waals surface area (Å²) in [4.78, 5) is 4.03. The highest BCUT2D eigenvalue weighted by Gasteiger charge is 2.08. The number of hydrogen-bond acceptors (Lipinski definition) is 2. The molecule has 0 atom stereocenters. The normalized spacial score (nSPS) is 11.2. The average molecular weight is 257 g/mol. The number of fused-ring (bicyclic) bond motifs is 1. The summed E-state index contributed by atoms with van der Waals surface area (Å²) >= 11 is 5.82. The van der Waals surface area contributed by atoms with Crippen LogP contribution >= 0.6 is 11.6 Å². The van der Waals surface area contributed by atoms with Crippen molar-refractivity contribution in [2.24, 2.45) is 0 Å². The number of rotatable bonds is 5. The van der Waals surface area contributed by atoms with Gasteiger partial charge in [-0.2, -0.15) is 0 Å². The molecule has 0 aliphatic carbocycles. The van der Waals surface area contributed by atoms with E-state index in [9.17, 15) is 9.50 Å². The van der Waals surface area contributed by atoms with Gasteiger partial charge in [0.2, 0.25) is 0 Å². The standard InChI is InChI=1S/C12H14ClFN2O/c13-12-6-9-5-10(8-17)16(4-2-1-3-14)11(9)7-15-12/h5-7,17H,1-4,8H2. The Balaban J connectivity index is 2.36. The van der Waals surface area contributed by atoms with Gasteiger partial charge in [0.25, 0.3) is 0 Å². The Morgan fingerprint density at radius 3 is 2.88 bits per heavy atom. The molecule has 0 spiro atoms. The van der Waals surface area contributed by atoms with Gasteiger partial charge in [-0.25, -0.2) is 4.98 Å². The lowest BCUT2D eigenvalue weighted by Crippen LogP contribution is -2.03. The van der Waals surface area contributed by atoms with E-state index < -0.39 is 0 Å². The smallest absolute Gasteiger partial charge is 0.129 e. The lowest BCUT2D eigenvalue weighted by molar-refractivity contribution is 0.270. The van der Waals surface area contributed by atoms with Gasteiger partial charge in [-0.15, -0.1) is 0 Å². The van der Waals surface area contributed by atoms with Crippen molar-refractivity contribution in [1.82, 2.24) is 9.55 Å². The van der Waals surface area contributed by atoms with Gasteiger partial charge in [0, 0.05) is 17.6 Å². The minimum atomic E-state index is -0.308. The zero-order valence-electron chi connectivity index (χ0n) is 9.37. The van der Waals surface area contributed by atoms with Crippen LogP contribution in [0, 0.1) is 0 Å². The minimum absolute atomic E-state index is 0.0398. The third-order valence-corrected chi connectivity index (χ3v) is 2.97. The van der Waals surface area contributed by atoms with Crippen LogP contribution in [0.25, 0.3) is 10.9 Å². The Labute approximate surface area is 104 Å². The van der Waals surface area contributed by atoms with E-state index in [2.05, 4.69) is 4.98 Å². The Morgan fingerprint density at radius 2 is 2.18 bits per heavy atom. The van der Waals surface area contributed by atoms with Gasteiger partial charge in [0.05, 0.1) is 25.0 Å².